The van der Waals surface area contributed by atoms with Gasteiger partial charge in [0.05, 0.1) is 0 Å². The Labute approximate surface area is 119 Å². The lowest BCUT2D eigenvalue weighted by molar-refractivity contribution is 0.383. The number of hydrogen-bond donors (Lipinski definition) is 0. The molecule has 98 valence electrons. The second-order valence-corrected chi connectivity index (χ2v) is 8.34. The SMILES string of the molecule is c1ccc(SC2(C3CCCS3)CCCCC2)cc1. The van der Waals surface area contributed by atoms with Crippen molar-refractivity contribution >= 4 is 23.5 Å². The van der Waals surface area contributed by atoms with E-state index >= 15 is 0 Å². The average molecular weight is 278 g/mol. The van der Waals surface area contributed by atoms with Crippen molar-refractivity contribution in [1.29, 1.82) is 0 Å². The molecular weight excluding hydrogens is 256 g/mol. The molecule has 1 saturated heterocycles. The van der Waals surface area contributed by atoms with Crippen LogP contribution in [0, 0.1) is 0 Å². The van der Waals surface area contributed by atoms with Crippen LogP contribution >= 0.6 is 23.5 Å². The predicted octanol–water partition coefficient (Wildman–Crippen LogP) is 5.38. The minimum atomic E-state index is 0.542. The van der Waals surface area contributed by atoms with Crippen LogP contribution < -0.4 is 0 Å². The van der Waals surface area contributed by atoms with Gasteiger partial charge in [-0.25, -0.2) is 0 Å². The molecule has 0 N–H and O–H groups in total. The zero-order chi connectivity index (χ0) is 12.3. The summed E-state index contributed by atoms with van der Waals surface area (Å²) in [4.78, 5) is 1.48. The molecule has 18 heavy (non-hydrogen) atoms. The van der Waals surface area contributed by atoms with Gasteiger partial charge in [-0.2, -0.15) is 11.8 Å². The van der Waals surface area contributed by atoms with Gasteiger partial charge in [-0.1, -0.05) is 37.5 Å². The van der Waals surface area contributed by atoms with Gasteiger partial charge in [-0.3, -0.25) is 0 Å². The first-order valence-electron chi connectivity index (χ1n) is 7.25. The van der Waals surface area contributed by atoms with E-state index in [0.717, 1.165) is 5.25 Å². The van der Waals surface area contributed by atoms with E-state index in [-0.39, 0.29) is 0 Å². The summed E-state index contributed by atoms with van der Waals surface area (Å²) in [7, 11) is 0. The largest absolute Gasteiger partial charge is 0.157 e. The second kappa shape index (κ2) is 5.92. The third-order valence-corrected chi connectivity index (χ3v) is 7.65. The Balaban J connectivity index is 1.80. The molecule has 2 heteroatoms. The van der Waals surface area contributed by atoms with E-state index in [0.29, 0.717) is 4.75 Å². The summed E-state index contributed by atoms with van der Waals surface area (Å²) >= 11 is 4.43. The molecule has 0 spiro atoms. The van der Waals surface area contributed by atoms with Crippen molar-refractivity contribution in [1.82, 2.24) is 0 Å². The van der Waals surface area contributed by atoms with Crippen molar-refractivity contribution in [2.45, 2.75) is 59.8 Å². The fraction of sp³-hybridized carbons (Fsp3) is 0.625. The summed E-state index contributed by atoms with van der Waals surface area (Å²) < 4.78 is 0.542. The number of thioether (sulfide) groups is 2. The van der Waals surface area contributed by atoms with Crippen LogP contribution in [-0.4, -0.2) is 15.7 Å². The molecule has 1 aromatic carbocycles. The highest BCUT2D eigenvalue weighted by Crippen LogP contribution is 2.52. The van der Waals surface area contributed by atoms with E-state index in [1.165, 1.54) is 55.6 Å². The van der Waals surface area contributed by atoms with E-state index in [2.05, 4.69) is 53.9 Å². The van der Waals surface area contributed by atoms with Gasteiger partial charge in [0.25, 0.3) is 0 Å². The van der Waals surface area contributed by atoms with Gasteiger partial charge < -0.3 is 0 Å². The first-order valence-corrected chi connectivity index (χ1v) is 9.11. The van der Waals surface area contributed by atoms with Gasteiger partial charge in [0, 0.05) is 14.9 Å². The zero-order valence-corrected chi connectivity index (χ0v) is 12.6. The van der Waals surface area contributed by atoms with Crippen LogP contribution in [0.4, 0.5) is 0 Å². The van der Waals surface area contributed by atoms with Crippen molar-refractivity contribution in [2.75, 3.05) is 5.75 Å². The maximum absolute atomic E-state index is 2.29. The standard InChI is InChI=1S/C16H22S2/c1-3-8-14(9-4-1)18-16(11-5-2-6-12-16)15-10-7-13-17-15/h1,3-4,8-9,15H,2,5-7,10-13H2. The smallest absolute Gasteiger partial charge is 0.0325 e. The summed E-state index contributed by atoms with van der Waals surface area (Å²) in [6.45, 7) is 0. The van der Waals surface area contributed by atoms with Crippen molar-refractivity contribution in [2.24, 2.45) is 0 Å². The third-order valence-electron chi connectivity index (χ3n) is 4.28. The first kappa shape index (κ1) is 12.9. The van der Waals surface area contributed by atoms with Crippen LogP contribution in [0.3, 0.4) is 0 Å². The van der Waals surface area contributed by atoms with Crippen LogP contribution in [0.15, 0.2) is 35.2 Å². The normalized spacial score (nSPS) is 27.2. The van der Waals surface area contributed by atoms with Gasteiger partial charge in [0.1, 0.15) is 0 Å². The Hall–Kier alpha value is -0.0800. The molecule has 1 saturated carbocycles. The molecule has 0 bridgehead atoms. The quantitative estimate of drug-likeness (QED) is 0.728. The first-order chi connectivity index (χ1) is 8.89. The number of rotatable bonds is 3. The molecule has 0 amide bonds. The summed E-state index contributed by atoms with van der Waals surface area (Å²) in [6.07, 6.45) is 10.1. The molecule has 2 aliphatic rings. The zero-order valence-electron chi connectivity index (χ0n) is 10.9. The minimum Gasteiger partial charge on any atom is -0.157 e. The van der Waals surface area contributed by atoms with Gasteiger partial charge >= 0.3 is 0 Å². The van der Waals surface area contributed by atoms with Crippen molar-refractivity contribution in [3.63, 3.8) is 0 Å². The topological polar surface area (TPSA) is 0 Å². The van der Waals surface area contributed by atoms with Crippen LogP contribution in [0.5, 0.6) is 0 Å². The summed E-state index contributed by atoms with van der Waals surface area (Å²) in [6, 6.07) is 11.1. The lowest BCUT2D eigenvalue weighted by atomic mass is 9.84. The third kappa shape index (κ3) is 2.75. The number of hydrogen-bond acceptors (Lipinski definition) is 2. The lowest BCUT2D eigenvalue weighted by Crippen LogP contribution is -2.37. The predicted molar refractivity (Wildman–Crippen MR) is 83.6 cm³/mol. The second-order valence-electron chi connectivity index (χ2n) is 5.54. The highest BCUT2D eigenvalue weighted by atomic mass is 32.2. The molecule has 0 nitrogen and oxygen atoms in total. The van der Waals surface area contributed by atoms with E-state index in [1.54, 1.807) is 0 Å². The minimum absolute atomic E-state index is 0.542. The monoisotopic (exact) mass is 278 g/mol. The van der Waals surface area contributed by atoms with Crippen LogP contribution in [0.2, 0.25) is 0 Å². The maximum atomic E-state index is 2.29. The Morgan fingerprint density at radius 2 is 1.78 bits per heavy atom. The average Bonchev–Trinajstić information content (AvgIpc) is 2.95. The van der Waals surface area contributed by atoms with Crippen LogP contribution in [-0.2, 0) is 0 Å². The molecule has 1 unspecified atom stereocenters. The molecule has 1 aromatic rings. The van der Waals surface area contributed by atoms with E-state index in [4.69, 9.17) is 0 Å². The molecule has 3 rings (SSSR count). The fourth-order valence-corrected chi connectivity index (χ4v) is 6.70. The fourth-order valence-electron chi connectivity index (χ4n) is 3.36. The van der Waals surface area contributed by atoms with Gasteiger partial charge in [-0.05, 0) is 43.6 Å². The molecule has 1 atom stereocenters. The highest BCUT2D eigenvalue weighted by Gasteiger charge is 2.42. The highest BCUT2D eigenvalue weighted by molar-refractivity contribution is 8.04. The van der Waals surface area contributed by atoms with E-state index in [9.17, 15) is 0 Å². The summed E-state index contributed by atoms with van der Waals surface area (Å²) in [5.74, 6) is 1.39. The Kier molecular flexibility index (Phi) is 4.25. The molecular formula is C16H22S2. The molecule has 1 aliphatic heterocycles. The lowest BCUT2D eigenvalue weighted by Gasteiger charge is -2.41. The molecule has 0 radical (unpaired) electrons. The van der Waals surface area contributed by atoms with E-state index < -0.39 is 0 Å². The Morgan fingerprint density at radius 1 is 1.00 bits per heavy atom. The van der Waals surface area contributed by atoms with Crippen LogP contribution in [0.1, 0.15) is 44.9 Å². The van der Waals surface area contributed by atoms with Crippen molar-refractivity contribution in [3.8, 4) is 0 Å². The van der Waals surface area contributed by atoms with Crippen LogP contribution in [0.25, 0.3) is 0 Å². The summed E-state index contributed by atoms with van der Waals surface area (Å²) in [5, 5.41) is 0.906. The van der Waals surface area contributed by atoms with Crippen molar-refractivity contribution < 1.29 is 0 Å². The van der Waals surface area contributed by atoms with E-state index in [1.807, 2.05) is 0 Å². The maximum Gasteiger partial charge on any atom is 0.0325 e. The molecule has 1 aliphatic carbocycles. The van der Waals surface area contributed by atoms with Crippen molar-refractivity contribution in [3.05, 3.63) is 30.3 Å². The van der Waals surface area contributed by atoms with Gasteiger partial charge in [-0.15, -0.1) is 11.8 Å². The molecule has 1 heterocycles. The number of benzene rings is 1. The summed E-state index contributed by atoms with van der Waals surface area (Å²) in [5.41, 5.74) is 0. The Bertz CT molecular complexity index is 362. The van der Waals surface area contributed by atoms with Gasteiger partial charge in [0.15, 0.2) is 0 Å². The Morgan fingerprint density at radius 3 is 2.44 bits per heavy atom. The molecule has 0 aromatic heterocycles. The van der Waals surface area contributed by atoms with Gasteiger partial charge in [0.2, 0.25) is 0 Å². The molecule has 2 fully saturated rings.